The van der Waals surface area contributed by atoms with E-state index in [1.807, 2.05) is 75.4 Å². The second-order valence-electron chi connectivity index (χ2n) is 8.92. The Kier molecular flexibility index (Phi) is 7.93. The first-order chi connectivity index (χ1) is 15.3. The summed E-state index contributed by atoms with van der Waals surface area (Å²) in [4.78, 5) is 12.5. The first-order valence-corrected chi connectivity index (χ1v) is 11.2. The molecule has 1 N–H and O–H groups in total. The van der Waals surface area contributed by atoms with E-state index < -0.39 is 11.7 Å². The fraction of sp³-hybridized carbons (Fsp3) is 0.321. The average Bonchev–Trinajstić information content (AvgIpc) is 2.77. The number of amides is 1. The van der Waals surface area contributed by atoms with Crippen molar-refractivity contribution < 1.29 is 14.3 Å². The Hall–Kier alpha value is -3.27. The van der Waals surface area contributed by atoms with Crippen LogP contribution in [-0.4, -0.2) is 11.7 Å². The van der Waals surface area contributed by atoms with Crippen molar-refractivity contribution in [1.82, 2.24) is 5.32 Å². The third-order valence-corrected chi connectivity index (χ3v) is 4.95. The summed E-state index contributed by atoms with van der Waals surface area (Å²) in [6, 6.07) is 25.9. The van der Waals surface area contributed by atoms with E-state index in [1.54, 1.807) is 0 Å². The van der Waals surface area contributed by atoms with Crippen molar-refractivity contribution in [2.45, 2.75) is 58.8 Å². The topological polar surface area (TPSA) is 47.6 Å². The van der Waals surface area contributed by atoms with Gasteiger partial charge in [0.1, 0.15) is 18.0 Å². The van der Waals surface area contributed by atoms with Crippen LogP contribution in [0.1, 0.15) is 62.4 Å². The van der Waals surface area contributed by atoms with Crippen LogP contribution in [0.5, 0.6) is 5.75 Å². The number of alkyl carbamates (subject to hydrolysis) is 1. The summed E-state index contributed by atoms with van der Waals surface area (Å²) in [7, 11) is 0. The minimum absolute atomic E-state index is 0.345. The molecule has 0 aliphatic heterocycles. The van der Waals surface area contributed by atoms with Gasteiger partial charge < -0.3 is 14.8 Å². The van der Waals surface area contributed by atoms with E-state index >= 15 is 0 Å². The molecule has 0 radical (unpaired) electrons. The molecule has 3 rings (SSSR count). The maximum absolute atomic E-state index is 12.5. The van der Waals surface area contributed by atoms with Gasteiger partial charge in [-0.25, -0.2) is 4.79 Å². The highest BCUT2D eigenvalue weighted by molar-refractivity contribution is 5.69. The van der Waals surface area contributed by atoms with Gasteiger partial charge in [-0.15, -0.1) is 0 Å². The van der Waals surface area contributed by atoms with E-state index in [-0.39, 0.29) is 6.04 Å². The van der Waals surface area contributed by atoms with Crippen molar-refractivity contribution in [2.75, 3.05) is 0 Å². The van der Waals surface area contributed by atoms with Crippen LogP contribution in [0.15, 0.2) is 78.9 Å². The number of aryl methyl sites for hydroxylation is 1. The first kappa shape index (κ1) is 23.4. The van der Waals surface area contributed by atoms with Crippen LogP contribution in [-0.2, 0) is 17.8 Å². The molecular weight excluding hydrogens is 398 g/mol. The average molecular weight is 432 g/mol. The van der Waals surface area contributed by atoms with E-state index in [4.69, 9.17) is 9.47 Å². The van der Waals surface area contributed by atoms with Gasteiger partial charge in [-0.2, -0.15) is 0 Å². The quantitative estimate of drug-likeness (QED) is 0.425. The van der Waals surface area contributed by atoms with Crippen LogP contribution in [0.4, 0.5) is 4.79 Å². The highest BCUT2D eigenvalue weighted by Crippen LogP contribution is 2.26. The number of rotatable bonds is 8. The Bertz CT molecular complexity index is 991. The van der Waals surface area contributed by atoms with Gasteiger partial charge in [0, 0.05) is 0 Å². The highest BCUT2D eigenvalue weighted by Gasteiger charge is 2.22. The van der Waals surface area contributed by atoms with Crippen LogP contribution >= 0.6 is 0 Å². The summed E-state index contributed by atoms with van der Waals surface area (Å²) >= 11 is 0. The van der Waals surface area contributed by atoms with Crippen LogP contribution in [0.2, 0.25) is 0 Å². The number of ether oxygens (including phenoxy) is 2. The maximum atomic E-state index is 12.5. The molecule has 4 nitrogen and oxygen atoms in total. The molecule has 0 bridgehead atoms. The molecule has 0 aliphatic rings. The molecule has 0 aliphatic carbocycles. The number of hydrogen-bond donors (Lipinski definition) is 1. The standard InChI is InChI=1S/C28H33NO3/c1-5-10-21-15-17-22(18-16-21)20-31-25-14-9-13-24(19-25)26(23-11-7-6-8-12-23)29-27(30)32-28(2,3)4/h6-9,11-19,26H,5,10,20H2,1-4H3,(H,29,30). The maximum Gasteiger partial charge on any atom is 0.408 e. The highest BCUT2D eigenvalue weighted by atomic mass is 16.6. The zero-order valence-corrected chi connectivity index (χ0v) is 19.4. The van der Waals surface area contributed by atoms with Crippen molar-refractivity contribution in [3.05, 3.63) is 101 Å². The van der Waals surface area contributed by atoms with Gasteiger partial charge in [-0.05, 0) is 61.6 Å². The van der Waals surface area contributed by atoms with Crippen molar-refractivity contribution in [3.8, 4) is 5.75 Å². The molecule has 3 aromatic carbocycles. The molecule has 3 aromatic rings. The number of nitrogens with one attached hydrogen (secondary N) is 1. The van der Waals surface area contributed by atoms with Gasteiger partial charge >= 0.3 is 6.09 Å². The summed E-state index contributed by atoms with van der Waals surface area (Å²) in [5, 5.41) is 3.01. The number of hydrogen-bond acceptors (Lipinski definition) is 3. The van der Waals surface area contributed by atoms with Crippen LogP contribution < -0.4 is 10.1 Å². The van der Waals surface area contributed by atoms with Crippen LogP contribution in [0.3, 0.4) is 0 Å². The van der Waals surface area contributed by atoms with Crippen LogP contribution in [0.25, 0.3) is 0 Å². The minimum Gasteiger partial charge on any atom is -0.489 e. The summed E-state index contributed by atoms with van der Waals surface area (Å²) in [6.45, 7) is 8.24. The molecule has 0 heterocycles. The molecule has 0 saturated heterocycles. The Morgan fingerprint density at radius 3 is 2.19 bits per heavy atom. The Balaban J connectivity index is 1.75. The molecule has 32 heavy (non-hydrogen) atoms. The second kappa shape index (κ2) is 10.9. The number of benzene rings is 3. The molecule has 1 atom stereocenters. The third kappa shape index (κ3) is 7.16. The summed E-state index contributed by atoms with van der Waals surface area (Å²) < 4.78 is 11.6. The van der Waals surface area contributed by atoms with Crippen molar-refractivity contribution in [3.63, 3.8) is 0 Å². The minimum atomic E-state index is -0.567. The lowest BCUT2D eigenvalue weighted by atomic mass is 9.98. The third-order valence-electron chi connectivity index (χ3n) is 4.95. The smallest absolute Gasteiger partial charge is 0.408 e. The predicted octanol–water partition coefficient (Wildman–Crippen LogP) is 6.83. The first-order valence-electron chi connectivity index (χ1n) is 11.2. The van der Waals surface area contributed by atoms with Crippen molar-refractivity contribution in [1.29, 1.82) is 0 Å². The monoisotopic (exact) mass is 431 g/mol. The van der Waals surface area contributed by atoms with Crippen molar-refractivity contribution >= 4 is 6.09 Å². The Morgan fingerprint density at radius 1 is 0.875 bits per heavy atom. The van der Waals surface area contributed by atoms with E-state index in [9.17, 15) is 4.79 Å². The van der Waals surface area contributed by atoms with E-state index in [1.165, 1.54) is 5.56 Å². The molecule has 1 amide bonds. The number of carbonyl (C=O) groups excluding carboxylic acids is 1. The summed E-state index contributed by atoms with van der Waals surface area (Å²) in [5.41, 5.74) is 3.81. The fourth-order valence-electron chi connectivity index (χ4n) is 3.47. The van der Waals surface area contributed by atoms with E-state index in [0.29, 0.717) is 6.61 Å². The van der Waals surface area contributed by atoms with Gasteiger partial charge in [0.2, 0.25) is 0 Å². The Morgan fingerprint density at radius 2 is 1.53 bits per heavy atom. The summed E-state index contributed by atoms with van der Waals surface area (Å²) in [5.74, 6) is 0.757. The summed E-state index contributed by atoms with van der Waals surface area (Å²) in [6.07, 6.45) is 1.78. The largest absolute Gasteiger partial charge is 0.489 e. The van der Waals surface area contributed by atoms with Gasteiger partial charge in [-0.3, -0.25) is 0 Å². The second-order valence-corrected chi connectivity index (χ2v) is 8.92. The molecule has 0 aromatic heterocycles. The SMILES string of the molecule is CCCc1ccc(COc2cccc(C(NC(=O)OC(C)(C)C)c3ccccc3)c2)cc1. The molecule has 0 fully saturated rings. The van der Waals surface area contributed by atoms with Gasteiger partial charge in [0.15, 0.2) is 0 Å². The lowest BCUT2D eigenvalue weighted by molar-refractivity contribution is 0.0512. The van der Waals surface area contributed by atoms with Gasteiger partial charge in [0.25, 0.3) is 0 Å². The molecule has 168 valence electrons. The normalized spacial score (nSPS) is 12.1. The van der Waals surface area contributed by atoms with Crippen molar-refractivity contribution in [2.24, 2.45) is 0 Å². The molecule has 1 unspecified atom stereocenters. The number of carbonyl (C=O) groups is 1. The van der Waals surface area contributed by atoms with E-state index in [2.05, 4.69) is 36.5 Å². The zero-order chi connectivity index (χ0) is 23.0. The lowest BCUT2D eigenvalue weighted by Gasteiger charge is -2.24. The Labute approximate surface area is 191 Å². The zero-order valence-electron chi connectivity index (χ0n) is 19.4. The van der Waals surface area contributed by atoms with Gasteiger partial charge in [-0.1, -0.05) is 80.1 Å². The molecule has 0 spiro atoms. The van der Waals surface area contributed by atoms with E-state index in [0.717, 1.165) is 35.3 Å². The molecule has 0 saturated carbocycles. The molecule has 4 heteroatoms. The van der Waals surface area contributed by atoms with Crippen LogP contribution in [0, 0.1) is 0 Å². The molecular formula is C28H33NO3. The predicted molar refractivity (Wildman–Crippen MR) is 129 cm³/mol. The fourth-order valence-corrected chi connectivity index (χ4v) is 3.47. The van der Waals surface area contributed by atoms with Gasteiger partial charge in [0.05, 0.1) is 6.04 Å². The lowest BCUT2D eigenvalue weighted by Crippen LogP contribution is -2.35.